The molecule has 0 bridgehead atoms. The van der Waals surface area contributed by atoms with Crippen LogP contribution in [0.25, 0.3) is 11.7 Å². The molecule has 2 aromatic rings. The largest absolute Gasteiger partial charge is 0.436 e. The molecule has 17 heavy (non-hydrogen) atoms. The molecule has 0 saturated carbocycles. The fourth-order valence-corrected chi connectivity index (χ4v) is 1.96. The first kappa shape index (κ1) is 10.5. The molecule has 6 heteroatoms. The third-order valence-electron chi connectivity index (χ3n) is 2.83. The van der Waals surface area contributed by atoms with Gasteiger partial charge in [-0.1, -0.05) is 5.16 Å². The van der Waals surface area contributed by atoms with Crippen molar-refractivity contribution in [3.8, 4) is 11.7 Å². The summed E-state index contributed by atoms with van der Waals surface area (Å²) in [5.74, 6) is 2.47. The van der Waals surface area contributed by atoms with E-state index < -0.39 is 0 Å². The van der Waals surface area contributed by atoms with Gasteiger partial charge in [0.15, 0.2) is 11.7 Å². The maximum Gasteiger partial charge on any atom is 0.295 e. The van der Waals surface area contributed by atoms with Crippen molar-refractivity contribution in [1.29, 1.82) is 0 Å². The molecule has 0 amide bonds. The predicted molar refractivity (Wildman–Crippen MR) is 57.4 cm³/mol. The van der Waals surface area contributed by atoms with E-state index in [1.165, 1.54) is 0 Å². The summed E-state index contributed by atoms with van der Waals surface area (Å²) < 4.78 is 15.9. The van der Waals surface area contributed by atoms with Crippen LogP contribution in [0.3, 0.4) is 0 Å². The van der Waals surface area contributed by atoms with Gasteiger partial charge in [-0.15, -0.1) is 0 Å². The molecule has 2 aromatic heterocycles. The number of aryl methyl sites for hydroxylation is 2. The van der Waals surface area contributed by atoms with Gasteiger partial charge in [0.25, 0.3) is 5.89 Å². The highest BCUT2D eigenvalue weighted by Crippen LogP contribution is 2.27. The van der Waals surface area contributed by atoms with Gasteiger partial charge in [-0.05, 0) is 13.3 Å². The zero-order chi connectivity index (χ0) is 11.8. The fraction of sp³-hybridized carbons (Fsp3) is 0.545. The number of oxazole rings is 1. The first-order chi connectivity index (χ1) is 8.24. The Morgan fingerprint density at radius 2 is 2.12 bits per heavy atom. The number of hydrogen-bond donors (Lipinski definition) is 0. The zero-order valence-corrected chi connectivity index (χ0v) is 9.77. The van der Waals surface area contributed by atoms with E-state index in [2.05, 4.69) is 15.1 Å². The molecule has 0 radical (unpaired) electrons. The molecule has 3 rings (SSSR count). The monoisotopic (exact) mass is 235 g/mol. The summed E-state index contributed by atoms with van der Waals surface area (Å²) >= 11 is 0. The van der Waals surface area contributed by atoms with Crippen LogP contribution in [0.5, 0.6) is 0 Å². The van der Waals surface area contributed by atoms with Crippen molar-refractivity contribution in [1.82, 2.24) is 15.1 Å². The molecule has 1 fully saturated rings. The van der Waals surface area contributed by atoms with Crippen molar-refractivity contribution < 1.29 is 13.7 Å². The SMILES string of the molecule is Cc1nc(C)c(-c2nc(C3CCOC3)no2)o1. The molecular formula is C11H13N3O3. The Bertz CT molecular complexity index is 526. The van der Waals surface area contributed by atoms with Gasteiger partial charge in [0.1, 0.15) is 0 Å². The van der Waals surface area contributed by atoms with Crippen LogP contribution in [0.2, 0.25) is 0 Å². The Kier molecular flexibility index (Phi) is 2.44. The van der Waals surface area contributed by atoms with Crippen LogP contribution in [0.1, 0.15) is 29.7 Å². The van der Waals surface area contributed by atoms with Gasteiger partial charge in [-0.3, -0.25) is 0 Å². The smallest absolute Gasteiger partial charge is 0.295 e. The topological polar surface area (TPSA) is 74.2 Å². The molecular weight excluding hydrogens is 222 g/mol. The second kappa shape index (κ2) is 3.96. The van der Waals surface area contributed by atoms with E-state index in [-0.39, 0.29) is 5.92 Å². The van der Waals surface area contributed by atoms with E-state index in [1.54, 1.807) is 6.92 Å². The van der Waals surface area contributed by atoms with Crippen molar-refractivity contribution in [2.45, 2.75) is 26.2 Å². The van der Waals surface area contributed by atoms with Crippen molar-refractivity contribution in [2.75, 3.05) is 13.2 Å². The summed E-state index contributed by atoms with van der Waals surface area (Å²) in [7, 11) is 0. The lowest BCUT2D eigenvalue weighted by atomic mass is 10.1. The van der Waals surface area contributed by atoms with E-state index in [4.69, 9.17) is 13.7 Å². The summed E-state index contributed by atoms with van der Waals surface area (Å²) in [5.41, 5.74) is 0.764. The number of rotatable bonds is 2. The molecule has 90 valence electrons. The minimum absolute atomic E-state index is 0.233. The van der Waals surface area contributed by atoms with Gasteiger partial charge in [0.2, 0.25) is 5.76 Å². The standard InChI is InChI=1S/C11H13N3O3/c1-6-9(16-7(2)12-6)11-13-10(14-17-11)8-3-4-15-5-8/h8H,3-5H2,1-2H3. The molecule has 1 aliphatic rings. The molecule has 1 saturated heterocycles. The van der Waals surface area contributed by atoms with Crippen molar-refractivity contribution >= 4 is 0 Å². The minimum atomic E-state index is 0.233. The maximum absolute atomic E-state index is 5.44. The quantitative estimate of drug-likeness (QED) is 0.790. The number of nitrogens with zero attached hydrogens (tertiary/aromatic N) is 3. The molecule has 3 heterocycles. The first-order valence-electron chi connectivity index (χ1n) is 5.60. The molecule has 0 N–H and O–H groups in total. The van der Waals surface area contributed by atoms with Gasteiger partial charge in [0, 0.05) is 19.4 Å². The van der Waals surface area contributed by atoms with Gasteiger partial charge in [0.05, 0.1) is 12.3 Å². The number of aromatic nitrogens is 3. The second-order valence-corrected chi connectivity index (χ2v) is 4.17. The Labute approximate surface area is 98.0 Å². The third-order valence-corrected chi connectivity index (χ3v) is 2.83. The Morgan fingerprint density at radius 3 is 2.76 bits per heavy atom. The summed E-state index contributed by atoms with van der Waals surface area (Å²) in [6.07, 6.45) is 0.938. The van der Waals surface area contributed by atoms with Crippen LogP contribution in [-0.4, -0.2) is 28.3 Å². The molecule has 0 aliphatic carbocycles. The van der Waals surface area contributed by atoms with Crippen molar-refractivity contribution in [2.24, 2.45) is 0 Å². The minimum Gasteiger partial charge on any atom is -0.436 e. The van der Waals surface area contributed by atoms with Crippen LogP contribution in [-0.2, 0) is 4.74 Å². The van der Waals surface area contributed by atoms with Crippen LogP contribution in [0.15, 0.2) is 8.94 Å². The van der Waals surface area contributed by atoms with E-state index in [0.29, 0.717) is 30.0 Å². The molecule has 0 aromatic carbocycles. The second-order valence-electron chi connectivity index (χ2n) is 4.17. The lowest BCUT2D eigenvalue weighted by molar-refractivity contribution is 0.192. The lowest BCUT2D eigenvalue weighted by Gasteiger charge is -1.97. The molecule has 6 nitrogen and oxygen atoms in total. The van der Waals surface area contributed by atoms with E-state index in [0.717, 1.165) is 18.7 Å². The van der Waals surface area contributed by atoms with Gasteiger partial charge in [-0.25, -0.2) is 4.98 Å². The molecule has 1 unspecified atom stereocenters. The van der Waals surface area contributed by atoms with Crippen LogP contribution in [0.4, 0.5) is 0 Å². The fourth-order valence-electron chi connectivity index (χ4n) is 1.96. The van der Waals surface area contributed by atoms with Crippen LogP contribution >= 0.6 is 0 Å². The van der Waals surface area contributed by atoms with Gasteiger partial charge >= 0.3 is 0 Å². The normalized spacial score (nSPS) is 20.0. The average molecular weight is 235 g/mol. The van der Waals surface area contributed by atoms with E-state index in [9.17, 15) is 0 Å². The predicted octanol–water partition coefficient (Wildman–Crippen LogP) is 1.85. The van der Waals surface area contributed by atoms with Gasteiger partial charge < -0.3 is 13.7 Å². The van der Waals surface area contributed by atoms with Crippen molar-refractivity contribution in [3.05, 3.63) is 17.4 Å². The molecule has 1 aliphatic heterocycles. The highest BCUT2D eigenvalue weighted by atomic mass is 16.5. The first-order valence-corrected chi connectivity index (χ1v) is 5.60. The van der Waals surface area contributed by atoms with Crippen LogP contribution in [0, 0.1) is 13.8 Å². The highest BCUT2D eigenvalue weighted by Gasteiger charge is 2.25. The Hall–Kier alpha value is -1.69. The lowest BCUT2D eigenvalue weighted by Crippen LogP contribution is -1.99. The average Bonchev–Trinajstić information content (AvgIpc) is 2.97. The highest BCUT2D eigenvalue weighted by molar-refractivity contribution is 5.47. The summed E-state index contributed by atoms with van der Waals surface area (Å²) in [6, 6.07) is 0. The maximum atomic E-state index is 5.44. The van der Waals surface area contributed by atoms with E-state index >= 15 is 0 Å². The van der Waals surface area contributed by atoms with Crippen molar-refractivity contribution in [3.63, 3.8) is 0 Å². The summed E-state index contributed by atoms with van der Waals surface area (Å²) in [6.45, 7) is 5.06. The molecule has 1 atom stereocenters. The third kappa shape index (κ3) is 1.84. The summed E-state index contributed by atoms with van der Waals surface area (Å²) in [4.78, 5) is 8.52. The number of hydrogen-bond acceptors (Lipinski definition) is 6. The molecule has 0 spiro atoms. The zero-order valence-electron chi connectivity index (χ0n) is 9.77. The Morgan fingerprint density at radius 1 is 1.24 bits per heavy atom. The summed E-state index contributed by atoms with van der Waals surface area (Å²) in [5, 5.41) is 3.97. The van der Waals surface area contributed by atoms with Gasteiger partial charge in [-0.2, -0.15) is 4.98 Å². The van der Waals surface area contributed by atoms with E-state index in [1.807, 2.05) is 6.92 Å². The Balaban J connectivity index is 1.91. The van der Waals surface area contributed by atoms with Crippen LogP contribution < -0.4 is 0 Å². The number of ether oxygens (including phenoxy) is 1.